The molecule has 0 unspecified atom stereocenters. The molecule has 0 bridgehead atoms. The second-order valence-electron chi connectivity index (χ2n) is 2.86. The van der Waals surface area contributed by atoms with E-state index >= 15 is 0 Å². The van der Waals surface area contributed by atoms with Crippen molar-refractivity contribution in [2.24, 2.45) is 0 Å². The number of hydrogen-bond donors (Lipinski definition) is 0. The molecular formula is C9H8ClNO4. The number of rotatable bonds is 4. The Morgan fingerprint density at radius 2 is 2.27 bits per heavy atom. The van der Waals surface area contributed by atoms with Crippen molar-refractivity contribution in [1.82, 2.24) is 0 Å². The average molecular weight is 230 g/mol. The molecule has 0 N–H and O–H groups in total. The number of benzene rings is 1. The van der Waals surface area contributed by atoms with E-state index in [4.69, 9.17) is 16.3 Å². The SMILES string of the molecule is CC(=O)COc1cc(Cl)ccc1[N+](=O)[O-]. The number of nitro benzene ring substituents is 1. The predicted molar refractivity (Wildman–Crippen MR) is 54.3 cm³/mol. The highest BCUT2D eigenvalue weighted by Crippen LogP contribution is 2.29. The van der Waals surface area contributed by atoms with E-state index in [0.717, 1.165) is 0 Å². The monoisotopic (exact) mass is 229 g/mol. The Morgan fingerprint density at radius 3 is 2.80 bits per heavy atom. The summed E-state index contributed by atoms with van der Waals surface area (Å²) in [5, 5.41) is 10.9. The van der Waals surface area contributed by atoms with Crippen LogP contribution in [-0.2, 0) is 4.79 Å². The molecule has 1 aromatic carbocycles. The first-order valence-corrected chi connectivity index (χ1v) is 4.44. The molecule has 0 saturated heterocycles. The first kappa shape index (κ1) is 11.5. The van der Waals surface area contributed by atoms with Crippen molar-refractivity contribution in [3.8, 4) is 5.75 Å². The van der Waals surface area contributed by atoms with Crippen molar-refractivity contribution < 1.29 is 14.5 Å². The molecule has 0 amide bonds. The predicted octanol–water partition coefficient (Wildman–Crippen LogP) is 2.22. The molecule has 0 radical (unpaired) electrons. The van der Waals surface area contributed by atoms with Gasteiger partial charge in [0.05, 0.1) is 4.92 Å². The van der Waals surface area contributed by atoms with Gasteiger partial charge in [0, 0.05) is 17.2 Å². The van der Waals surface area contributed by atoms with E-state index in [0.29, 0.717) is 5.02 Å². The molecule has 6 heteroatoms. The lowest BCUT2D eigenvalue weighted by atomic mass is 10.3. The van der Waals surface area contributed by atoms with Crippen LogP contribution in [-0.4, -0.2) is 17.3 Å². The van der Waals surface area contributed by atoms with Gasteiger partial charge in [-0.3, -0.25) is 14.9 Å². The summed E-state index contributed by atoms with van der Waals surface area (Å²) in [5.41, 5.74) is -0.208. The van der Waals surface area contributed by atoms with Crippen molar-refractivity contribution in [2.45, 2.75) is 6.92 Å². The van der Waals surface area contributed by atoms with E-state index in [1.165, 1.54) is 25.1 Å². The fourth-order valence-corrected chi connectivity index (χ4v) is 1.10. The summed E-state index contributed by atoms with van der Waals surface area (Å²) in [5.74, 6) is -0.216. The third-order valence-corrected chi connectivity index (χ3v) is 1.78. The summed E-state index contributed by atoms with van der Waals surface area (Å²) in [6, 6.07) is 3.93. The van der Waals surface area contributed by atoms with Crippen molar-refractivity contribution in [2.75, 3.05) is 6.61 Å². The molecular weight excluding hydrogens is 222 g/mol. The summed E-state index contributed by atoms with van der Waals surface area (Å²) in [6.45, 7) is 1.12. The topological polar surface area (TPSA) is 69.4 Å². The average Bonchev–Trinajstić information content (AvgIpc) is 2.14. The van der Waals surface area contributed by atoms with Gasteiger partial charge in [-0.15, -0.1) is 0 Å². The van der Waals surface area contributed by atoms with Crippen molar-refractivity contribution in [3.05, 3.63) is 33.3 Å². The molecule has 0 atom stereocenters. The molecule has 15 heavy (non-hydrogen) atoms. The lowest BCUT2D eigenvalue weighted by Gasteiger charge is -2.04. The second kappa shape index (κ2) is 4.75. The minimum atomic E-state index is -0.591. The van der Waals surface area contributed by atoms with Gasteiger partial charge in [-0.05, 0) is 13.0 Å². The Hall–Kier alpha value is -1.62. The number of nitro groups is 1. The smallest absolute Gasteiger partial charge is 0.311 e. The maximum absolute atomic E-state index is 10.7. The molecule has 0 aromatic heterocycles. The number of ketones is 1. The number of nitrogens with zero attached hydrogens (tertiary/aromatic N) is 1. The van der Waals surface area contributed by atoms with Crippen LogP contribution in [0.15, 0.2) is 18.2 Å². The zero-order valence-electron chi connectivity index (χ0n) is 7.90. The van der Waals surface area contributed by atoms with Gasteiger partial charge in [0.25, 0.3) is 0 Å². The van der Waals surface area contributed by atoms with E-state index in [-0.39, 0.29) is 23.8 Å². The fraction of sp³-hybridized carbons (Fsp3) is 0.222. The quantitative estimate of drug-likeness (QED) is 0.586. The van der Waals surface area contributed by atoms with Crippen LogP contribution in [0, 0.1) is 10.1 Å². The molecule has 0 fully saturated rings. The van der Waals surface area contributed by atoms with Crippen LogP contribution in [0.2, 0.25) is 5.02 Å². The van der Waals surface area contributed by atoms with Crippen LogP contribution in [0.3, 0.4) is 0 Å². The number of ether oxygens (including phenoxy) is 1. The Morgan fingerprint density at radius 1 is 1.60 bits per heavy atom. The number of carbonyl (C=O) groups excluding carboxylic acids is 1. The molecule has 0 aliphatic heterocycles. The normalized spacial score (nSPS) is 9.73. The second-order valence-corrected chi connectivity index (χ2v) is 3.30. The molecule has 80 valence electrons. The van der Waals surface area contributed by atoms with Gasteiger partial charge >= 0.3 is 5.69 Å². The zero-order valence-corrected chi connectivity index (χ0v) is 8.65. The molecule has 0 saturated carbocycles. The Bertz CT molecular complexity index is 405. The van der Waals surface area contributed by atoms with Crippen molar-refractivity contribution in [1.29, 1.82) is 0 Å². The third kappa shape index (κ3) is 3.21. The standard InChI is InChI=1S/C9H8ClNO4/c1-6(12)5-15-9-4-7(10)2-3-8(9)11(13)14/h2-4H,5H2,1H3. The Kier molecular flexibility index (Phi) is 3.62. The first-order valence-electron chi connectivity index (χ1n) is 4.07. The van der Waals surface area contributed by atoms with Crippen LogP contribution in [0.5, 0.6) is 5.75 Å². The number of Topliss-reactive ketones (excluding diaryl/α,β-unsaturated/α-hetero) is 1. The van der Waals surface area contributed by atoms with Gasteiger partial charge in [0.15, 0.2) is 11.5 Å². The number of hydrogen-bond acceptors (Lipinski definition) is 4. The molecule has 1 aromatic rings. The molecule has 5 nitrogen and oxygen atoms in total. The van der Waals surface area contributed by atoms with Gasteiger partial charge in [-0.1, -0.05) is 11.6 Å². The summed E-state index contributed by atoms with van der Waals surface area (Å²) in [6.07, 6.45) is 0. The van der Waals surface area contributed by atoms with E-state index < -0.39 is 4.92 Å². The first-order chi connectivity index (χ1) is 7.00. The van der Waals surface area contributed by atoms with E-state index in [1.807, 2.05) is 0 Å². The largest absolute Gasteiger partial charge is 0.479 e. The van der Waals surface area contributed by atoms with Gasteiger partial charge in [0.1, 0.15) is 6.61 Å². The van der Waals surface area contributed by atoms with Gasteiger partial charge < -0.3 is 4.74 Å². The molecule has 0 spiro atoms. The number of halogens is 1. The summed E-state index contributed by atoms with van der Waals surface area (Å²) >= 11 is 5.65. The summed E-state index contributed by atoms with van der Waals surface area (Å²) in [7, 11) is 0. The highest BCUT2D eigenvalue weighted by molar-refractivity contribution is 6.30. The van der Waals surface area contributed by atoms with Gasteiger partial charge in [-0.25, -0.2) is 0 Å². The lowest BCUT2D eigenvalue weighted by molar-refractivity contribution is -0.385. The van der Waals surface area contributed by atoms with Crippen LogP contribution < -0.4 is 4.74 Å². The van der Waals surface area contributed by atoms with Crippen LogP contribution in [0.1, 0.15) is 6.92 Å². The van der Waals surface area contributed by atoms with Crippen molar-refractivity contribution >= 4 is 23.1 Å². The molecule has 0 heterocycles. The minimum absolute atomic E-state index is 0.00250. The lowest BCUT2D eigenvalue weighted by Crippen LogP contribution is -2.07. The van der Waals surface area contributed by atoms with Crippen molar-refractivity contribution in [3.63, 3.8) is 0 Å². The Balaban J connectivity index is 2.96. The zero-order chi connectivity index (χ0) is 11.4. The van der Waals surface area contributed by atoms with Crippen LogP contribution in [0.4, 0.5) is 5.69 Å². The number of carbonyl (C=O) groups is 1. The maximum atomic E-state index is 10.7. The summed E-state index contributed by atoms with van der Waals surface area (Å²) in [4.78, 5) is 20.6. The van der Waals surface area contributed by atoms with E-state index in [2.05, 4.69) is 0 Å². The molecule has 1 rings (SSSR count). The minimum Gasteiger partial charge on any atom is -0.479 e. The highest BCUT2D eigenvalue weighted by atomic mass is 35.5. The highest BCUT2D eigenvalue weighted by Gasteiger charge is 2.15. The molecule has 0 aliphatic rings. The fourth-order valence-electron chi connectivity index (χ4n) is 0.934. The van der Waals surface area contributed by atoms with Crippen LogP contribution >= 0.6 is 11.6 Å². The van der Waals surface area contributed by atoms with Crippen LogP contribution in [0.25, 0.3) is 0 Å². The van der Waals surface area contributed by atoms with Gasteiger partial charge in [0.2, 0.25) is 0 Å². The summed E-state index contributed by atoms with van der Waals surface area (Å²) < 4.78 is 4.97. The van der Waals surface area contributed by atoms with E-state index in [9.17, 15) is 14.9 Å². The van der Waals surface area contributed by atoms with Gasteiger partial charge in [-0.2, -0.15) is 0 Å². The maximum Gasteiger partial charge on any atom is 0.311 e. The Labute approximate surface area is 90.8 Å². The third-order valence-electron chi connectivity index (χ3n) is 1.55. The van der Waals surface area contributed by atoms with E-state index in [1.54, 1.807) is 0 Å². The molecule has 0 aliphatic carbocycles.